The lowest BCUT2D eigenvalue weighted by molar-refractivity contribution is 0.660. The maximum absolute atomic E-state index is 5.03. The molecular formula is C37H28N2. The molecule has 7 rings (SSSR count). The van der Waals surface area contributed by atoms with Crippen LogP contribution in [0.2, 0.25) is 0 Å². The molecule has 2 heteroatoms. The van der Waals surface area contributed by atoms with Crippen molar-refractivity contribution in [3.05, 3.63) is 145 Å². The van der Waals surface area contributed by atoms with Crippen LogP contribution in [0.5, 0.6) is 0 Å². The van der Waals surface area contributed by atoms with E-state index in [0.717, 1.165) is 33.9 Å². The first-order valence-corrected chi connectivity index (χ1v) is 13.4. The number of hydrogen-bond donors (Lipinski definition) is 0. The Balaban J connectivity index is 1.35. The van der Waals surface area contributed by atoms with Crippen LogP contribution in [0.3, 0.4) is 0 Å². The highest BCUT2D eigenvalue weighted by Crippen LogP contribution is 2.49. The highest BCUT2D eigenvalue weighted by atomic mass is 14.9. The summed E-state index contributed by atoms with van der Waals surface area (Å²) in [5.41, 5.74) is 12.8. The highest BCUT2D eigenvalue weighted by molar-refractivity contribution is 5.85. The molecule has 1 aromatic heterocycles. The summed E-state index contributed by atoms with van der Waals surface area (Å²) in [6.45, 7) is 4.64. The van der Waals surface area contributed by atoms with Gasteiger partial charge in [-0.05, 0) is 51.6 Å². The lowest BCUT2D eigenvalue weighted by atomic mass is 9.82. The summed E-state index contributed by atoms with van der Waals surface area (Å²) in [5, 5.41) is 0. The molecule has 0 fully saturated rings. The van der Waals surface area contributed by atoms with E-state index >= 15 is 0 Å². The second-order valence-electron chi connectivity index (χ2n) is 10.7. The van der Waals surface area contributed by atoms with Crippen molar-refractivity contribution < 1.29 is 0 Å². The van der Waals surface area contributed by atoms with E-state index in [0.29, 0.717) is 0 Å². The fourth-order valence-electron chi connectivity index (χ4n) is 5.83. The largest absolute Gasteiger partial charge is 0.228 e. The van der Waals surface area contributed by atoms with Crippen molar-refractivity contribution in [1.29, 1.82) is 0 Å². The van der Waals surface area contributed by atoms with Crippen LogP contribution in [0.15, 0.2) is 133 Å². The Morgan fingerprint density at radius 3 is 1.74 bits per heavy atom. The molecule has 186 valence electrons. The highest BCUT2D eigenvalue weighted by Gasteiger charge is 2.35. The van der Waals surface area contributed by atoms with Crippen LogP contribution in [0.1, 0.15) is 25.0 Å². The summed E-state index contributed by atoms with van der Waals surface area (Å²) < 4.78 is 0. The van der Waals surface area contributed by atoms with Crippen molar-refractivity contribution >= 4 is 0 Å². The van der Waals surface area contributed by atoms with E-state index in [4.69, 9.17) is 9.97 Å². The summed E-state index contributed by atoms with van der Waals surface area (Å²) >= 11 is 0. The van der Waals surface area contributed by atoms with Crippen LogP contribution >= 0.6 is 0 Å². The molecule has 0 saturated carbocycles. The third-order valence-electron chi connectivity index (χ3n) is 7.90. The molecule has 5 aromatic carbocycles. The van der Waals surface area contributed by atoms with E-state index in [1.165, 1.54) is 33.4 Å². The van der Waals surface area contributed by atoms with Gasteiger partial charge in [-0.2, -0.15) is 0 Å². The van der Waals surface area contributed by atoms with Gasteiger partial charge in [-0.1, -0.05) is 129 Å². The molecule has 0 spiro atoms. The van der Waals surface area contributed by atoms with Crippen LogP contribution in [0.4, 0.5) is 0 Å². The molecule has 0 bridgehead atoms. The van der Waals surface area contributed by atoms with Crippen molar-refractivity contribution in [3.8, 4) is 56.2 Å². The van der Waals surface area contributed by atoms with Gasteiger partial charge < -0.3 is 0 Å². The Morgan fingerprint density at radius 1 is 0.410 bits per heavy atom. The van der Waals surface area contributed by atoms with Crippen LogP contribution in [-0.4, -0.2) is 9.97 Å². The fourth-order valence-corrected chi connectivity index (χ4v) is 5.83. The zero-order valence-electron chi connectivity index (χ0n) is 22.1. The van der Waals surface area contributed by atoms with E-state index in [-0.39, 0.29) is 5.41 Å². The molecule has 0 saturated heterocycles. The third-order valence-corrected chi connectivity index (χ3v) is 7.90. The Hall–Kier alpha value is -4.82. The van der Waals surface area contributed by atoms with Gasteiger partial charge in [0.1, 0.15) is 0 Å². The minimum Gasteiger partial charge on any atom is -0.228 e. The van der Waals surface area contributed by atoms with Gasteiger partial charge in [0, 0.05) is 22.1 Å². The first-order valence-electron chi connectivity index (χ1n) is 13.4. The van der Waals surface area contributed by atoms with Crippen molar-refractivity contribution in [1.82, 2.24) is 9.97 Å². The molecule has 1 aliphatic rings. The Morgan fingerprint density at radius 2 is 0.974 bits per heavy atom. The summed E-state index contributed by atoms with van der Waals surface area (Å²) in [4.78, 5) is 9.97. The molecule has 0 N–H and O–H groups in total. The molecule has 2 nitrogen and oxygen atoms in total. The molecule has 39 heavy (non-hydrogen) atoms. The summed E-state index contributed by atoms with van der Waals surface area (Å²) in [5.74, 6) is 0.730. The predicted molar refractivity (Wildman–Crippen MR) is 161 cm³/mol. The molecule has 0 aliphatic heterocycles. The van der Waals surface area contributed by atoms with Crippen molar-refractivity contribution in [2.75, 3.05) is 0 Å². The average Bonchev–Trinajstić information content (AvgIpc) is 3.24. The van der Waals surface area contributed by atoms with E-state index in [1.807, 2.05) is 36.4 Å². The molecule has 0 radical (unpaired) electrons. The predicted octanol–water partition coefficient (Wildman–Crippen LogP) is 9.45. The van der Waals surface area contributed by atoms with Crippen LogP contribution in [-0.2, 0) is 5.41 Å². The lowest BCUT2D eigenvalue weighted by Crippen LogP contribution is -2.14. The normalized spacial score (nSPS) is 13.1. The van der Waals surface area contributed by atoms with E-state index in [9.17, 15) is 0 Å². The second kappa shape index (κ2) is 9.18. The number of aromatic nitrogens is 2. The molecule has 0 atom stereocenters. The fraction of sp³-hybridized carbons (Fsp3) is 0.0811. The van der Waals surface area contributed by atoms with Gasteiger partial charge in [-0.15, -0.1) is 0 Å². The van der Waals surface area contributed by atoms with E-state index in [1.54, 1.807) is 0 Å². The van der Waals surface area contributed by atoms with Crippen LogP contribution in [0.25, 0.3) is 56.2 Å². The minimum atomic E-state index is 0.00887. The van der Waals surface area contributed by atoms with Crippen molar-refractivity contribution in [2.45, 2.75) is 19.3 Å². The Kier molecular flexibility index (Phi) is 5.49. The second-order valence-corrected chi connectivity index (χ2v) is 10.7. The van der Waals surface area contributed by atoms with Crippen LogP contribution in [0, 0.1) is 0 Å². The third kappa shape index (κ3) is 4.06. The quantitative estimate of drug-likeness (QED) is 0.241. The summed E-state index contributed by atoms with van der Waals surface area (Å²) in [6.07, 6.45) is 0. The lowest BCUT2D eigenvalue weighted by Gasteiger charge is -2.21. The minimum absolute atomic E-state index is 0.00887. The van der Waals surface area contributed by atoms with Gasteiger partial charge in [-0.3, -0.25) is 0 Å². The molecule has 6 aromatic rings. The number of benzene rings is 5. The van der Waals surface area contributed by atoms with E-state index < -0.39 is 0 Å². The van der Waals surface area contributed by atoms with Gasteiger partial charge in [0.05, 0.1) is 11.4 Å². The van der Waals surface area contributed by atoms with Crippen molar-refractivity contribution in [3.63, 3.8) is 0 Å². The molecule has 0 unspecified atom stereocenters. The summed E-state index contributed by atoms with van der Waals surface area (Å²) in [6, 6.07) is 47.1. The van der Waals surface area contributed by atoms with Crippen LogP contribution < -0.4 is 0 Å². The van der Waals surface area contributed by atoms with Gasteiger partial charge in [0.15, 0.2) is 5.82 Å². The first-order chi connectivity index (χ1) is 19.1. The monoisotopic (exact) mass is 500 g/mol. The molecule has 1 heterocycles. The standard InChI is InChI=1S/C37H28N2/c1-37(2)32-19-10-9-18-30(32)31-23-28(20-21-33(31)37)27-16-11-17-29(22-27)35-24-34(25-12-5-3-6-13-25)38-36(39-35)26-14-7-4-8-15-26/h3-24H,1-2H3. The maximum atomic E-state index is 5.03. The maximum Gasteiger partial charge on any atom is 0.160 e. The zero-order chi connectivity index (χ0) is 26.4. The van der Waals surface area contributed by atoms with Gasteiger partial charge in [-0.25, -0.2) is 9.97 Å². The van der Waals surface area contributed by atoms with Gasteiger partial charge >= 0.3 is 0 Å². The van der Waals surface area contributed by atoms with Crippen molar-refractivity contribution in [2.24, 2.45) is 0 Å². The number of hydrogen-bond acceptors (Lipinski definition) is 2. The number of nitrogens with zero attached hydrogens (tertiary/aromatic N) is 2. The first kappa shape index (κ1) is 23.3. The van der Waals surface area contributed by atoms with Gasteiger partial charge in [0.25, 0.3) is 0 Å². The zero-order valence-corrected chi connectivity index (χ0v) is 22.1. The van der Waals surface area contributed by atoms with E-state index in [2.05, 4.69) is 111 Å². The summed E-state index contributed by atoms with van der Waals surface area (Å²) in [7, 11) is 0. The Bertz CT molecular complexity index is 1760. The number of rotatable bonds is 4. The smallest absolute Gasteiger partial charge is 0.160 e. The molecular weight excluding hydrogens is 472 g/mol. The average molecular weight is 501 g/mol. The molecule has 1 aliphatic carbocycles. The van der Waals surface area contributed by atoms with Gasteiger partial charge in [0.2, 0.25) is 0 Å². The number of fused-ring (bicyclic) bond motifs is 3. The Labute approximate surface area is 229 Å². The molecule has 0 amide bonds. The SMILES string of the molecule is CC1(C)c2ccccc2-c2cc(-c3cccc(-c4cc(-c5ccccc5)nc(-c5ccccc5)n4)c3)ccc21. The topological polar surface area (TPSA) is 25.8 Å².